The van der Waals surface area contributed by atoms with Crippen LogP contribution in [0.3, 0.4) is 0 Å². The average molecular weight is 435 g/mol. The lowest BCUT2D eigenvalue weighted by Gasteiger charge is -2.08. The van der Waals surface area contributed by atoms with E-state index in [2.05, 4.69) is 31.3 Å². The van der Waals surface area contributed by atoms with Crippen molar-refractivity contribution in [3.8, 4) is 5.75 Å². The summed E-state index contributed by atoms with van der Waals surface area (Å²) in [6.07, 6.45) is -0.795. The van der Waals surface area contributed by atoms with Crippen LogP contribution in [0.1, 0.15) is 27.6 Å². The molecule has 0 unspecified atom stereocenters. The van der Waals surface area contributed by atoms with Crippen LogP contribution in [0.15, 0.2) is 53.0 Å². The van der Waals surface area contributed by atoms with Gasteiger partial charge in [0.15, 0.2) is 0 Å². The van der Waals surface area contributed by atoms with Gasteiger partial charge in [0, 0.05) is 28.7 Å². The minimum Gasteiger partial charge on any atom is -0.434 e. The van der Waals surface area contributed by atoms with Gasteiger partial charge in [-0.25, -0.2) is 4.79 Å². The van der Waals surface area contributed by atoms with E-state index >= 15 is 0 Å². The molecule has 7 nitrogen and oxygen atoms in total. The molecular formula is C19H19BrN2O5. The van der Waals surface area contributed by atoms with Crippen molar-refractivity contribution in [3.05, 3.63) is 64.1 Å². The minimum atomic E-state index is -0.795. The number of halogens is 1. The number of ether oxygens (including phenoxy) is 2. The molecular weight excluding hydrogens is 416 g/mol. The molecule has 0 aliphatic heterocycles. The first-order chi connectivity index (χ1) is 13.0. The first kappa shape index (κ1) is 20.4. The molecule has 0 radical (unpaired) electrons. The third kappa shape index (κ3) is 6.74. The van der Waals surface area contributed by atoms with Crippen LogP contribution in [0, 0.1) is 0 Å². The molecule has 2 N–H and O–H groups in total. The molecule has 0 saturated carbocycles. The number of hydrogen-bond donors (Lipinski definition) is 2. The second kappa shape index (κ2) is 10.3. The largest absolute Gasteiger partial charge is 0.513 e. The fourth-order valence-corrected chi connectivity index (χ4v) is 2.34. The van der Waals surface area contributed by atoms with E-state index in [9.17, 15) is 14.4 Å². The molecule has 0 fully saturated rings. The Morgan fingerprint density at radius 2 is 1.33 bits per heavy atom. The van der Waals surface area contributed by atoms with Gasteiger partial charge in [-0.05, 0) is 55.5 Å². The van der Waals surface area contributed by atoms with Gasteiger partial charge in [0.2, 0.25) is 0 Å². The summed E-state index contributed by atoms with van der Waals surface area (Å²) < 4.78 is 10.5. The molecule has 2 aromatic rings. The molecule has 27 heavy (non-hydrogen) atoms. The Morgan fingerprint density at radius 3 is 1.81 bits per heavy atom. The lowest BCUT2D eigenvalue weighted by Crippen LogP contribution is -2.34. The van der Waals surface area contributed by atoms with Crippen molar-refractivity contribution in [2.24, 2.45) is 0 Å². The number of benzene rings is 2. The van der Waals surface area contributed by atoms with Gasteiger partial charge in [0.05, 0.1) is 6.61 Å². The molecule has 0 atom stereocenters. The maximum Gasteiger partial charge on any atom is 0.513 e. The highest BCUT2D eigenvalue weighted by atomic mass is 79.9. The fourth-order valence-electron chi connectivity index (χ4n) is 2.08. The van der Waals surface area contributed by atoms with Crippen molar-refractivity contribution in [1.82, 2.24) is 10.6 Å². The zero-order valence-corrected chi connectivity index (χ0v) is 16.2. The molecule has 0 aliphatic rings. The monoisotopic (exact) mass is 434 g/mol. The smallest absolute Gasteiger partial charge is 0.434 e. The highest BCUT2D eigenvalue weighted by Gasteiger charge is 2.09. The van der Waals surface area contributed by atoms with Crippen LogP contribution in [-0.2, 0) is 4.74 Å². The molecule has 0 aromatic heterocycles. The second-order valence-corrected chi connectivity index (χ2v) is 6.24. The van der Waals surface area contributed by atoms with Gasteiger partial charge in [-0.2, -0.15) is 0 Å². The van der Waals surface area contributed by atoms with Gasteiger partial charge in [-0.15, -0.1) is 0 Å². The number of nitrogens with one attached hydrogen (secondary N) is 2. The molecule has 8 heteroatoms. The molecule has 0 heterocycles. The number of hydrogen-bond acceptors (Lipinski definition) is 5. The fraction of sp³-hybridized carbons (Fsp3) is 0.211. The first-order valence-corrected chi connectivity index (χ1v) is 9.05. The average Bonchev–Trinajstić information content (AvgIpc) is 2.66. The van der Waals surface area contributed by atoms with Crippen LogP contribution in [0.4, 0.5) is 4.79 Å². The molecule has 2 aromatic carbocycles. The molecule has 0 aliphatic carbocycles. The first-order valence-electron chi connectivity index (χ1n) is 8.26. The highest BCUT2D eigenvalue weighted by molar-refractivity contribution is 9.10. The summed E-state index contributed by atoms with van der Waals surface area (Å²) in [6.45, 7) is 2.47. The Hall–Kier alpha value is -2.87. The Kier molecular flexibility index (Phi) is 7.81. The maximum atomic E-state index is 12.1. The van der Waals surface area contributed by atoms with Gasteiger partial charge in [0.25, 0.3) is 11.8 Å². The van der Waals surface area contributed by atoms with Gasteiger partial charge in [-0.1, -0.05) is 15.9 Å². The zero-order valence-electron chi connectivity index (χ0n) is 14.7. The van der Waals surface area contributed by atoms with E-state index in [1.165, 1.54) is 24.3 Å². The summed E-state index contributed by atoms with van der Waals surface area (Å²) in [5, 5.41) is 5.43. The van der Waals surface area contributed by atoms with Crippen molar-refractivity contribution in [1.29, 1.82) is 0 Å². The van der Waals surface area contributed by atoms with E-state index in [0.717, 1.165) is 4.47 Å². The van der Waals surface area contributed by atoms with E-state index in [4.69, 9.17) is 4.74 Å². The molecule has 2 amide bonds. The molecule has 142 valence electrons. The lowest BCUT2D eigenvalue weighted by atomic mass is 10.2. The predicted octanol–water partition coefficient (Wildman–Crippen LogP) is 3.14. The third-order valence-corrected chi connectivity index (χ3v) is 3.91. The highest BCUT2D eigenvalue weighted by Crippen LogP contribution is 2.13. The van der Waals surface area contributed by atoms with Crippen molar-refractivity contribution in [2.45, 2.75) is 6.92 Å². The van der Waals surface area contributed by atoms with Gasteiger partial charge in [-0.3, -0.25) is 9.59 Å². The number of amides is 2. The summed E-state index contributed by atoms with van der Waals surface area (Å²) in [5.41, 5.74) is 0.951. The van der Waals surface area contributed by atoms with Crippen LogP contribution in [-0.4, -0.2) is 37.7 Å². The van der Waals surface area contributed by atoms with Crippen molar-refractivity contribution in [3.63, 3.8) is 0 Å². The maximum absolute atomic E-state index is 12.1. The van der Waals surface area contributed by atoms with Crippen molar-refractivity contribution in [2.75, 3.05) is 19.7 Å². The van der Waals surface area contributed by atoms with Crippen LogP contribution < -0.4 is 15.4 Å². The van der Waals surface area contributed by atoms with Crippen LogP contribution in [0.2, 0.25) is 0 Å². The number of rotatable bonds is 7. The summed E-state index contributed by atoms with van der Waals surface area (Å²) >= 11 is 3.31. The normalized spacial score (nSPS) is 10.0. The summed E-state index contributed by atoms with van der Waals surface area (Å²) in [6, 6.07) is 13.0. The number of carbonyl (C=O) groups excluding carboxylic acids is 3. The summed E-state index contributed by atoms with van der Waals surface area (Å²) in [5.74, 6) is -0.223. The van der Waals surface area contributed by atoms with E-state index in [-0.39, 0.29) is 30.7 Å². The van der Waals surface area contributed by atoms with Crippen LogP contribution in [0.25, 0.3) is 0 Å². The number of carbonyl (C=O) groups is 3. The van der Waals surface area contributed by atoms with Gasteiger partial charge >= 0.3 is 6.16 Å². The van der Waals surface area contributed by atoms with Crippen LogP contribution >= 0.6 is 15.9 Å². The van der Waals surface area contributed by atoms with Crippen molar-refractivity contribution >= 4 is 33.9 Å². The molecule has 0 spiro atoms. The third-order valence-electron chi connectivity index (χ3n) is 3.38. The Balaban J connectivity index is 1.74. The quantitative estimate of drug-likeness (QED) is 0.396. The standard InChI is InChI=1S/C19H19BrN2O5/c1-2-26-19(25)27-16-9-5-14(6-10-16)18(24)22-12-11-21-17(23)13-3-7-15(20)8-4-13/h3-10H,2,11-12H2,1H3,(H,21,23)(H,22,24). The topological polar surface area (TPSA) is 93.7 Å². The zero-order chi connectivity index (χ0) is 19.6. The summed E-state index contributed by atoms with van der Waals surface area (Å²) in [4.78, 5) is 35.2. The molecule has 0 bridgehead atoms. The SMILES string of the molecule is CCOC(=O)Oc1ccc(C(=O)NCCNC(=O)c2ccc(Br)cc2)cc1. The minimum absolute atomic E-state index is 0.211. The molecule has 0 saturated heterocycles. The second-order valence-electron chi connectivity index (χ2n) is 5.33. The van der Waals surface area contributed by atoms with E-state index < -0.39 is 6.16 Å². The van der Waals surface area contributed by atoms with E-state index in [0.29, 0.717) is 17.7 Å². The van der Waals surface area contributed by atoms with Crippen molar-refractivity contribution < 1.29 is 23.9 Å². The Bertz CT molecular complexity index is 791. The lowest BCUT2D eigenvalue weighted by molar-refractivity contribution is 0.0927. The predicted molar refractivity (Wildman–Crippen MR) is 103 cm³/mol. The van der Waals surface area contributed by atoms with E-state index in [1.807, 2.05) is 0 Å². The Morgan fingerprint density at radius 1 is 0.852 bits per heavy atom. The Labute approximate surface area is 165 Å². The van der Waals surface area contributed by atoms with E-state index in [1.54, 1.807) is 31.2 Å². The van der Waals surface area contributed by atoms with Gasteiger partial charge in [0.1, 0.15) is 5.75 Å². The molecule has 2 rings (SSSR count). The van der Waals surface area contributed by atoms with Crippen LogP contribution in [0.5, 0.6) is 5.75 Å². The summed E-state index contributed by atoms with van der Waals surface area (Å²) in [7, 11) is 0. The van der Waals surface area contributed by atoms with Gasteiger partial charge < -0.3 is 20.1 Å².